The van der Waals surface area contributed by atoms with Crippen LogP contribution in [0.3, 0.4) is 0 Å². The summed E-state index contributed by atoms with van der Waals surface area (Å²) in [5.41, 5.74) is 0. The van der Waals surface area contributed by atoms with E-state index in [0.29, 0.717) is 0 Å². The molecule has 30 heavy (non-hydrogen) atoms. The molecule has 0 aliphatic carbocycles. The van der Waals surface area contributed by atoms with Crippen LogP contribution in [0.25, 0.3) is 0 Å². The maximum Gasteiger partial charge on any atom is 0.00163 e. The third kappa shape index (κ3) is 14.0. The Morgan fingerprint density at radius 1 is 0.400 bits per heavy atom. The average molecular weight is 425 g/mol. The number of rotatable bonds is 0. The first kappa shape index (κ1) is 27.9. The predicted molar refractivity (Wildman–Crippen MR) is 134 cm³/mol. The molecule has 3 unspecified atom stereocenters. The van der Waals surface area contributed by atoms with Crippen LogP contribution in [0.5, 0.6) is 0 Å². The predicted octanol–water partition coefficient (Wildman–Crippen LogP) is 4.61. The van der Waals surface area contributed by atoms with Crippen LogP contribution in [-0.2, 0) is 0 Å². The monoisotopic (exact) mass is 424 g/mol. The molecule has 4 heteroatoms. The van der Waals surface area contributed by atoms with Gasteiger partial charge in [0, 0.05) is 32.7 Å². The van der Waals surface area contributed by atoms with Gasteiger partial charge in [0.2, 0.25) is 0 Å². The van der Waals surface area contributed by atoms with Crippen molar-refractivity contribution in [3.05, 3.63) is 0 Å². The smallest absolute Gasteiger partial charge is 0.00163 e. The molecule has 4 heterocycles. The topological polar surface area (TPSA) is 13.0 Å². The Morgan fingerprint density at radius 2 is 0.800 bits per heavy atom. The molecule has 4 fully saturated rings. The molecule has 0 saturated carbocycles. The first-order chi connectivity index (χ1) is 14.2. The summed E-state index contributed by atoms with van der Waals surface area (Å²) in [6, 6.07) is 0. The highest BCUT2D eigenvalue weighted by Crippen LogP contribution is 2.14. The molecule has 4 rings (SSSR count). The van der Waals surface area contributed by atoms with E-state index in [9.17, 15) is 0 Å². The largest absolute Gasteiger partial charge is 0.306 e. The van der Waals surface area contributed by atoms with E-state index in [1.807, 2.05) is 0 Å². The third-order valence-corrected chi connectivity index (χ3v) is 6.84. The number of hydrogen-bond donors (Lipinski definition) is 0. The van der Waals surface area contributed by atoms with Crippen LogP contribution in [0.2, 0.25) is 0 Å². The highest BCUT2D eigenvalue weighted by atomic mass is 15.2. The maximum atomic E-state index is 2.44. The minimum absolute atomic E-state index is 0.928. The van der Waals surface area contributed by atoms with Gasteiger partial charge in [0.25, 0.3) is 0 Å². The fourth-order valence-corrected chi connectivity index (χ4v) is 5.18. The van der Waals surface area contributed by atoms with Gasteiger partial charge in [-0.25, -0.2) is 0 Å². The molecule has 3 atom stereocenters. The number of piperidine rings is 1. The lowest BCUT2D eigenvalue weighted by Crippen LogP contribution is -2.41. The van der Waals surface area contributed by atoms with Gasteiger partial charge in [-0.1, -0.05) is 34.1 Å². The van der Waals surface area contributed by atoms with Gasteiger partial charge in [0.05, 0.1) is 0 Å². The number of likely N-dealkylation sites (tertiary alicyclic amines) is 4. The first-order valence-electron chi connectivity index (χ1n) is 12.9. The summed E-state index contributed by atoms with van der Waals surface area (Å²) in [6.45, 7) is 19.7. The zero-order chi connectivity index (χ0) is 22.5. The Labute approximate surface area is 190 Å². The summed E-state index contributed by atoms with van der Waals surface area (Å²) < 4.78 is 0. The Hall–Kier alpha value is -0.160. The van der Waals surface area contributed by atoms with Gasteiger partial charge in [-0.3, -0.25) is 0 Å². The molecule has 180 valence electrons. The summed E-state index contributed by atoms with van der Waals surface area (Å²) in [4.78, 5) is 9.56. The van der Waals surface area contributed by atoms with Crippen molar-refractivity contribution in [3.63, 3.8) is 0 Å². The Morgan fingerprint density at radius 3 is 1.13 bits per heavy atom. The third-order valence-electron chi connectivity index (χ3n) is 6.84. The maximum absolute atomic E-state index is 2.44. The zero-order valence-electron chi connectivity index (χ0n) is 22.0. The molecule has 0 aromatic carbocycles. The van der Waals surface area contributed by atoms with Crippen molar-refractivity contribution in [2.75, 3.05) is 80.5 Å². The van der Waals surface area contributed by atoms with Crippen molar-refractivity contribution in [3.8, 4) is 0 Å². The summed E-state index contributed by atoms with van der Waals surface area (Å²) in [7, 11) is 8.76. The molecule has 0 amide bonds. The van der Waals surface area contributed by atoms with Crippen LogP contribution in [0.15, 0.2) is 0 Å². The number of nitrogens with zero attached hydrogens (tertiary/aromatic N) is 4. The van der Waals surface area contributed by atoms with Crippen LogP contribution in [0.1, 0.15) is 66.2 Å². The summed E-state index contributed by atoms with van der Waals surface area (Å²) in [6.07, 6.45) is 8.51. The van der Waals surface area contributed by atoms with Gasteiger partial charge >= 0.3 is 0 Å². The lowest BCUT2D eigenvalue weighted by atomic mass is 10.0. The lowest BCUT2D eigenvalue weighted by molar-refractivity contribution is 0.149. The normalized spacial score (nSPS) is 31.8. The van der Waals surface area contributed by atoms with Gasteiger partial charge in [-0.2, -0.15) is 0 Å². The molecule has 0 bridgehead atoms. The highest BCUT2D eigenvalue weighted by molar-refractivity contribution is 4.71. The molecule has 4 aliphatic rings. The van der Waals surface area contributed by atoms with Gasteiger partial charge in [-0.05, 0) is 104 Å². The minimum atomic E-state index is 0.928. The van der Waals surface area contributed by atoms with E-state index in [1.165, 1.54) is 90.9 Å². The summed E-state index contributed by atoms with van der Waals surface area (Å²) >= 11 is 0. The number of hydrogen-bond acceptors (Lipinski definition) is 4. The second kappa shape index (κ2) is 15.6. The molecule has 4 saturated heterocycles. The van der Waals surface area contributed by atoms with E-state index in [2.05, 4.69) is 75.5 Å². The van der Waals surface area contributed by atoms with E-state index in [4.69, 9.17) is 0 Å². The van der Waals surface area contributed by atoms with E-state index >= 15 is 0 Å². The molecule has 0 radical (unpaired) electrons. The molecule has 0 spiro atoms. The summed E-state index contributed by atoms with van der Waals surface area (Å²) in [5.74, 6) is 3.78. The second-order valence-electron chi connectivity index (χ2n) is 11.4. The molecule has 4 aliphatic heterocycles. The molecular weight excluding hydrogens is 368 g/mol. The summed E-state index contributed by atoms with van der Waals surface area (Å²) in [5, 5.41) is 0. The van der Waals surface area contributed by atoms with Crippen molar-refractivity contribution in [1.29, 1.82) is 0 Å². The SMILES string of the molecule is CC1CCCCN(C)C1.CC1CCCN(C)C1.CC1CCN(C)C1.CC1CN(C)C1. The second-order valence-corrected chi connectivity index (χ2v) is 11.4. The van der Waals surface area contributed by atoms with Crippen molar-refractivity contribution in [2.45, 2.75) is 66.2 Å². The first-order valence-corrected chi connectivity index (χ1v) is 12.9. The molecule has 0 aromatic rings. The van der Waals surface area contributed by atoms with Gasteiger partial charge in [0.1, 0.15) is 0 Å². The van der Waals surface area contributed by atoms with E-state index in [0.717, 1.165) is 23.7 Å². The van der Waals surface area contributed by atoms with Crippen LogP contribution >= 0.6 is 0 Å². The van der Waals surface area contributed by atoms with Gasteiger partial charge in [-0.15, -0.1) is 0 Å². The Kier molecular flexibility index (Phi) is 14.5. The lowest BCUT2D eigenvalue weighted by Gasteiger charge is -2.33. The zero-order valence-corrected chi connectivity index (χ0v) is 22.0. The average Bonchev–Trinajstić information content (AvgIpc) is 2.91. The minimum Gasteiger partial charge on any atom is -0.306 e. The van der Waals surface area contributed by atoms with E-state index in [-0.39, 0.29) is 0 Å². The van der Waals surface area contributed by atoms with Crippen molar-refractivity contribution in [1.82, 2.24) is 19.6 Å². The van der Waals surface area contributed by atoms with Gasteiger partial charge in [0.15, 0.2) is 0 Å². The van der Waals surface area contributed by atoms with Crippen molar-refractivity contribution < 1.29 is 0 Å². The fraction of sp³-hybridized carbons (Fsp3) is 1.00. The Balaban J connectivity index is 0.000000202. The quantitative estimate of drug-likeness (QED) is 0.563. The van der Waals surface area contributed by atoms with Crippen LogP contribution in [0.4, 0.5) is 0 Å². The standard InChI is InChI=1S/C8H17N.C7H15N.C6H13N.C5H11N/c1-8-5-3-4-6-9(2)7-8;1-7-4-3-5-8(2)6-7;1-6-3-4-7(2)5-6;1-5-3-6(2)4-5/h8H,3-7H2,1-2H3;7H,3-6H2,1-2H3;6H,3-5H2,1-2H3;5H,3-4H2,1-2H3. The van der Waals surface area contributed by atoms with Gasteiger partial charge < -0.3 is 19.6 Å². The van der Waals surface area contributed by atoms with Crippen LogP contribution in [0, 0.1) is 23.7 Å². The molecule has 0 aromatic heterocycles. The van der Waals surface area contributed by atoms with Crippen molar-refractivity contribution >= 4 is 0 Å². The van der Waals surface area contributed by atoms with E-state index < -0.39 is 0 Å². The van der Waals surface area contributed by atoms with Crippen molar-refractivity contribution in [2.24, 2.45) is 23.7 Å². The Bertz CT molecular complexity index is 378. The van der Waals surface area contributed by atoms with E-state index in [1.54, 1.807) is 0 Å². The molecule has 4 nitrogen and oxygen atoms in total. The highest BCUT2D eigenvalue weighted by Gasteiger charge is 2.16. The molecular formula is C26H56N4. The fourth-order valence-electron chi connectivity index (χ4n) is 5.18. The van der Waals surface area contributed by atoms with Crippen LogP contribution in [-0.4, -0.2) is 100 Å². The van der Waals surface area contributed by atoms with Crippen LogP contribution < -0.4 is 0 Å². The molecule has 0 N–H and O–H groups in total.